The lowest BCUT2D eigenvalue weighted by molar-refractivity contribution is -0.314. The van der Waals surface area contributed by atoms with E-state index in [1.54, 1.807) is 21.3 Å². The number of esters is 1. The summed E-state index contributed by atoms with van der Waals surface area (Å²) in [6.07, 6.45) is 9.58. The van der Waals surface area contributed by atoms with E-state index in [-0.39, 0.29) is 96.8 Å². The Labute approximate surface area is 324 Å². The molecule has 0 N–H and O–H groups in total. The molecule has 6 aliphatic rings. The highest BCUT2D eigenvalue weighted by atomic mass is 16.7. The number of cyclic esters (lactones) is 1. The van der Waals surface area contributed by atoms with Gasteiger partial charge in [0.15, 0.2) is 18.4 Å². The fourth-order valence-electron chi connectivity index (χ4n) is 11.0. The van der Waals surface area contributed by atoms with E-state index in [0.717, 1.165) is 56.9 Å². The molecule has 4 fully saturated rings. The van der Waals surface area contributed by atoms with E-state index >= 15 is 0 Å². The van der Waals surface area contributed by atoms with Gasteiger partial charge in [-0.2, -0.15) is 0 Å². The normalized spacial score (nSPS) is 44.7. The molecule has 0 spiro atoms. The van der Waals surface area contributed by atoms with Crippen molar-refractivity contribution in [3.05, 3.63) is 23.3 Å². The summed E-state index contributed by atoms with van der Waals surface area (Å²) in [4.78, 5) is 30.7. The third kappa shape index (κ3) is 8.59. The zero-order valence-corrected chi connectivity index (χ0v) is 34.6. The van der Waals surface area contributed by atoms with Crippen LogP contribution >= 0.6 is 0 Å². The molecule has 0 aromatic carbocycles. The molecule has 11 nitrogen and oxygen atoms in total. The summed E-state index contributed by atoms with van der Waals surface area (Å²) >= 11 is 0. The maximum absolute atomic E-state index is 14.8. The van der Waals surface area contributed by atoms with Gasteiger partial charge in [-0.1, -0.05) is 38.5 Å². The van der Waals surface area contributed by atoms with Gasteiger partial charge >= 0.3 is 5.97 Å². The molecule has 3 aliphatic heterocycles. The summed E-state index contributed by atoms with van der Waals surface area (Å²) in [6, 6.07) is 0.337. The van der Waals surface area contributed by atoms with Crippen molar-refractivity contribution < 1.29 is 47.5 Å². The number of ether oxygens (including phenoxy) is 8. The van der Waals surface area contributed by atoms with Gasteiger partial charge in [-0.15, -0.1) is 0 Å². The lowest BCUT2D eigenvalue weighted by Crippen LogP contribution is -2.59. The number of fused-ring (bicyclic) bond motifs is 5. The van der Waals surface area contributed by atoms with Crippen LogP contribution < -0.4 is 0 Å². The number of methoxy groups -OCH3 is 3. The molecule has 6 rings (SSSR count). The Morgan fingerprint density at radius 3 is 2.19 bits per heavy atom. The minimum atomic E-state index is -0.598. The van der Waals surface area contributed by atoms with Crippen molar-refractivity contribution in [3.8, 4) is 0 Å². The van der Waals surface area contributed by atoms with E-state index in [4.69, 9.17) is 37.9 Å². The van der Waals surface area contributed by atoms with E-state index in [9.17, 15) is 9.59 Å². The van der Waals surface area contributed by atoms with Crippen LogP contribution in [0.3, 0.4) is 0 Å². The molecule has 0 amide bonds. The van der Waals surface area contributed by atoms with Crippen LogP contribution in [0.15, 0.2) is 23.3 Å². The Morgan fingerprint density at radius 1 is 0.796 bits per heavy atom. The molecular weight excluding hydrogens is 690 g/mol. The highest BCUT2D eigenvalue weighted by Crippen LogP contribution is 2.57. The van der Waals surface area contributed by atoms with Crippen LogP contribution in [0.2, 0.25) is 0 Å². The number of hydrogen-bond acceptors (Lipinski definition) is 11. The zero-order valence-electron chi connectivity index (χ0n) is 34.6. The van der Waals surface area contributed by atoms with Gasteiger partial charge in [-0.25, -0.2) is 0 Å². The van der Waals surface area contributed by atoms with Crippen molar-refractivity contribution >= 4 is 11.8 Å². The Kier molecular flexibility index (Phi) is 14.2. The van der Waals surface area contributed by atoms with Crippen LogP contribution in [0.1, 0.15) is 98.8 Å². The lowest BCUT2D eigenvalue weighted by atomic mass is 9.67. The molecule has 3 aliphatic carbocycles. The third-order valence-electron chi connectivity index (χ3n) is 13.9. The van der Waals surface area contributed by atoms with Crippen molar-refractivity contribution in [3.63, 3.8) is 0 Å². The van der Waals surface area contributed by atoms with Gasteiger partial charge in [-0.05, 0) is 115 Å². The van der Waals surface area contributed by atoms with Crippen LogP contribution in [0.25, 0.3) is 0 Å². The standard InChI is InChI=1S/C43H69NO10/c1-11-26-18-30-32(31-20-28(19-29(26)31)53-43-42(49-10)41(48-9)40(47-8)25(5)51-43)21-34-33(30)22-37(45)52-27(12-2)14-13-15-36(23(3)39(34)46)54-38-17-16-35(44(6)7)24(4)50-38/h18,21,23-25,27-33,35-36,38,40-43H,11-17,19-20,22H2,1-10H3/t23-,24-,25+,27+,28-,29+,30-,31-,32-,33+,35+,36+,38+,40+,41-,42-,43+/m1/s1. The summed E-state index contributed by atoms with van der Waals surface area (Å²) in [5.41, 5.74) is 2.17. The monoisotopic (exact) mass is 759 g/mol. The van der Waals surface area contributed by atoms with Gasteiger partial charge < -0.3 is 42.8 Å². The van der Waals surface area contributed by atoms with Crippen molar-refractivity contribution in [1.29, 1.82) is 0 Å². The third-order valence-corrected chi connectivity index (χ3v) is 13.9. The molecule has 11 heteroatoms. The first-order valence-corrected chi connectivity index (χ1v) is 20.9. The van der Waals surface area contributed by atoms with E-state index in [0.29, 0.717) is 18.4 Å². The van der Waals surface area contributed by atoms with E-state index in [1.807, 2.05) is 13.8 Å². The van der Waals surface area contributed by atoms with Crippen molar-refractivity contribution in [1.82, 2.24) is 4.90 Å². The molecule has 1 saturated carbocycles. The number of carbonyl (C=O) groups is 2. The predicted octanol–water partition coefficient (Wildman–Crippen LogP) is 6.27. The quantitative estimate of drug-likeness (QED) is 0.186. The summed E-state index contributed by atoms with van der Waals surface area (Å²) < 4.78 is 49.9. The number of Topliss-reactive ketones (excluding diaryl/α,β-unsaturated/α-hetero) is 1. The first kappa shape index (κ1) is 41.9. The number of allylic oxidation sites excluding steroid dienone is 4. The second-order valence-corrected chi connectivity index (χ2v) is 17.2. The van der Waals surface area contributed by atoms with Gasteiger partial charge in [-0.3, -0.25) is 9.59 Å². The topological polar surface area (TPSA) is 111 Å². The molecule has 3 saturated heterocycles. The molecule has 17 atom stereocenters. The maximum Gasteiger partial charge on any atom is 0.306 e. The second kappa shape index (κ2) is 18.3. The zero-order chi connectivity index (χ0) is 38.8. The number of likely N-dealkylation sites (N-methyl/N-ethyl adjacent to an activating group) is 1. The van der Waals surface area contributed by atoms with E-state index in [2.05, 4.69) is 51.9 Å². The number of ketones is 1. The molecule has 0 bridgehead atoms. The summed E-state index contributed by atoms with van der Waals surface area (Å²) in [7, 11) is 9.18. The van der Waals surface area contributed by atoms with Crippen LogP contribution in [0, 0.1) is 35.5 Å². The fraction of sp³-hybridized carbons (Fsp3) is 0.860. The minimum Gasteiger partial charge on any atom is -0.462 e. The Morgan fingerprint density at radius 2 is 1.54 bits per heavy atom. The predicted molar refractivity (Wildman–Crippen MR) is 203 cm³/mol. The van der Waals surface area contributed by atoms with Gasteiger partial charge in [0.25, 0.3) is 0 Å². The highest BCUT2D eigenvalue weighted by Gasteiger charge is 2.54. The molecule has 306 valence electrons. The van der Waals surface area contributed by atoms with Crippen molar-refractivity contribution in [2.75, 3.05) is 35.4 Å². The van der Waals surface area contributed by atoms with Crippen LogP contribution in [0.5, 0.6) is 0 Å². The van der Waals surface area contributed by atoms with Gasteiger partial charge in [0.2, 0.25) is 0 Å². The first-order chi connectivity index (χ1) is 25.9. The van der Waals surface area contributed by atoms with Gasteiger partial charge in [0, 0.05) is 39.2 Å². The SMILES string of the molecule is CCC1=C[C@@H]2[C@@H](C=C3C(=O)[C@H](C)[C@@H](O[C@H]4CC[C@H](N(C)C)[C@@H](C)O4)CCC[C@H](CC)OC(=O)C[C@H]32)[C@@H]2C[C@H](O[C@@H]3O[C@@H](C)[C@H](OC)[C@@H](OC)[C@H]3OC)C[C@@H]12. The molecule has 0 unspecified atom stereocenters. The summed E-state index contributed by atoms with van der Waals surface area (Å²) in [6.45, 7) is 10.4. The Balaban J connectivity index is 1.25. The fourth-order valence-corrected chi connectivity index (χ4v) is 11.0. The molecule has 54 heavy (non-hydrogen) atoms. The lowest BCUT2D eigenvalue weighted by Gasteiger charge is -2.44. The van der Waals surface area contributed by atoms with Crippen molar-refractivity contribution in [2.45, 2.75) is 166 Å². The smallest absolute Gasteiger partial charge is 0.306 e. The summed E-state index contributed by atoms with van der Waals surface area (Å²) in [5.74, 6) is 0.0451. The number of hydrogen-bond donors (Lipinski definition) is 0. The van der Waals surface area contributed by atoms with Crippen molar-refractivity contribution in [2.24, 2.45) is 35.5 Å². The van der Waals surface area contributed by atoms with Gasteiger partial charge in [0.05, 0.1) is 30.8 Å². The Hall–Kier alpha value is -1.70. The molecule has 0 aromatic rings. The summed E-state index contributed by atoms with van der Waals surface area (Å²) in [5, 5.41) is 0. The first-order valence-electron chi connectivity index (χ1n) is 20.9. The minimum absolute atomic E-state index is 0.0359. The molecule has 0 aromatic heterocycles. The van der Waals surface area contributed by atoms with Crippen LogP contribution in [-0.2, 0) is 47.5 Å². The molecular formula is C43H69NO10. The molecule has 3 heterocycles. The second-order valence-electron chi connectivity index (χ2n) is 17.2. The Bertz CT molecular complexity index is 1350. The average Bonchev–Trinajstić information content (AvgIpc) is 3.73. The van der Waals surface area contributed by atoms with E-state index in [1.165, 1.54) is 5.57 Å². The molecule has 0 radical (unpaired) electrons. The van der Waals surface area contributed by atoms with E-state index < -0.39 is 12.4 Å². The maximum atomic E-state index is 14.8. The highest BCUT2D eigenvalue weighted by molar-refractivity contribution is 5.99. The number of nitrogens with zero attached hydrogens (tertiary/aromatic N) is 1. The largest absolute Gasteiger partial charge is 0.462 e. The number of carbonyl (C=O) groups excluding carboxylic acids is 2. The van der Waals surface area contributed by atoms with Gasteiger partial charge in [0.1, 0.15) is 24.4 Å². The van der Waals surface area contributed by atoms with Crippen LogP contribution in [-0.4, -0.2) is 120 Å². The number of rotatable bonds is 10. The van der Waals surface area contributed by atoms with Crippen LogP contribution in [0.4, 0.5) is 0 Å². The average molecular weight is 760 g/mol.